The molecule has 1 fully saturated rings. The van der Waals surface area contributed by atoms with Crippen molar-refractivity contribution in [2.45, 2.75) is 13.5 Å². The first-order chi connectivity index (χ1) is 10.3. The molecule has 21 heavy (non-hydrogen) atoms. The number of para-hydroxylation sites is 1. The van der Waals surface area contributed by atoms with Crippen molar-refractivity contribution in [1.29, 1.82) is 0 Å². The molecule has 1 aliphatic rings. The molecule has 112 valence electrons. The van der Waals surface area contributed by atoms with Crippen LogP contribution in [0.1, 0.15) is 11.9 Å². The van der Waals surface area contributed by atoms with Crippen LogP contribution in [0, 0.1) is 0 Å². The average Bonchev–Trinajstić information content (AvgIpc) is 3.09. The lowest BCUT2D eigenvalue weighted by molar-refractivity contribution is -0.670. The molecule has 1 aromatic heterocycles. The molecule has 0 N–H and O–H groups in total. The van der Waals surface area contributed by atoms with Crippen LogP contribution in [0.5, 0.6) is 0 Å². The zero-order valence-corrected chi connectivity index (χ0v) is 14.2. The van der Waals surface area contributed by atoms with Gasteiger partial charge in [-0.1, -0.05) is 23.5 Å². The molecule has 0 aliphatic carbocycles. The van der Waals surface area contributed by atoms with Crippen LogP contribution in [-0.2, 0) is 11.3 Å². The van der Waals surface area contributed by atoms with E-state index >= 15 is 0 Å². The zero-order chi connectivity index (χ0) is 14.7. The van der Waals surface area contributed by atoms with E-state index in [4.69, 9.17) is 4.74 Å². The number of ether oxygens (including phenoxy) is 1. The number of fused-ring (bicyclic) bond motifs is 1. The minimum absolute atomic E-state index is 0.742. The van der Waals surface area contributed by atoms with Gasteiger partial charge in [0.25, 0.3) is 5.01 Å². The Bertz CT molecular complexity index is 651. The molecule has 0 bridgehead atoms. The van der Waals surface area contributed by atoms with Crippen molar-refractivity contribution in [2.75, 3.05) is 32.6 Å². The smallest absolute Gasteiger partial charge is 0.265 e. The molecule has 3 rings (SSSR count). The molecule has 2 heterocycles. The fraction of sp³-hybridized carbons (Fsp3) is 0.438. The first-order valence-electron chi connectivity index (χ1n) is 7.33. The van der Waals surface area contributed by atoms with Gasteiger partial charge in [-0.2, -0.15) is 4.57 Å². The van der Waals surface area contributed by atoms with E-state index in [0.29, 0.717) is 0 Å². The third-order valence-corrected chi connectivity index (χ3v) is 5.88. The topological polar surface area (TPSA) is 16.4 Å². The largest absolute Gasteiger partial charge is 0.378 e. The summed E-state index contributed by atoms with van der Waals surface area (Å²) in [6.07, 6.45) is 2.35. The van der Waals surface area contributed by atoms with Gasteiger partial charge in [-0.25, -0.2) is 0 Å². The maximum atomic E-state index is 5.28. The maximum absolute atomic E-state index is 5.28. The molecule has 3 nitrogen and oxygen atoms in total. The third-order valence-electron chi connectivity index (χ3n) is 3.71. The van der Waals surface area contributed by atoms with Crippen molar-refractivity contribution in [2.24, 2.45) is 0 Å². The molecule has 0 unspecified atom stereocenters. The summed E-state index contributed by atoms with van der Waals surface area (Å²) in [4.78, 5) is 2.45. The summed E-state index contributed by atoms with van der Waals surface area (Å²) in [5, 5.41) is 2.71. The van der Waals surface area contributed by atoms with Gasteiger partial charge in [-0.05, 0) is 13.0 Å². The van der Waals surface area contributed by atoms with Crippen molar-refractivity contribution < 1.29 is 9.30 Å². The standard InChI is InChI=1S/C16H21N2OS2/c1-3-17-9-11-20-15(17)12-16-18(8-10-19-2)13-6-4-5-7-14(13)21-16/h4-7,12H,3,8-11H2,1-2H3/q+1. The summed E-state index contributed by atoms with van der Waals surface area (Å²) in [7, 11) is 1.76. The number of hydrogen-bond donors (Lipinski definition) is 0. The Labute approximate surface area is 134 Å². The summed E-state index contributed by atoms with van der Waals surface area (Å²) < 4.78 is 9.00. The number of methoxy groups -OCH3 is 1. The lowest BCUT2D eigenvalue weighted by Crippen LogP contribution is -2.37. The summed E-state index contributed by atoms with van der Waals surface area (Å²) in [5.41, 5.74) is 1.30. The van der Waals surface area contributed by atoms with Gasteiger partial charge in [0, 0.05) is 32.0 Å². The van der Waals surface area contributed by atoms with E-state index in [0.717, 1.165) is 26.2 Å². The molecular weight excluding hydrogens is 300 g/mol. The van der Waals surface area contributed by atoms with E-state index in [1.165, 1.54) is 26.0 Å². The Morgan fingerprint density at radius 1 is 1.38 bits per heavy atom. The predicted molar refractivity (Wildman–Crippen MR) is 91.6 cm³/mol. The van der Waals surface area contributed by atoms with Gasteiger partial charge in [-0.3, -0.25) is 0 Å². The Morgan fingerprint density at radius 2 is 2.24 bits per heavy atom. The molecule has 0 radical (unpaired) electrons. The number of thiazole rings is 1. The first kappa shape index (κ1) is 14.9. The van der Waals surface area contributed by atoms with Gasteiger partial charge < -0.3 is 9.64 Å². The quantitative estimate of drug-likeness (QED) is 0.787. The molecule has 1 aliphatic heterocycles. The van der Waals surface area contributed by atoms with Gasteiger partial charge in [0.05, 0.1) is 11.1 Å². The van der Waals surface area contributed by atoms with Crippen LogP contribution < -0.4 is 4.57 Å². The van der Waals surface area contributed by atoms with Gasteiger partial charge in [0.2, 0.25) is 5.52 Å². The molecular formula is C16H21N2OS2+. The summed E-state index contributed by atoms with van der Waals surface area (Å²) >= 11 is 3.83. The number of aromatic nitrogens is 1. The van der Waals surface area contributed by atoms with Crippen LogP contribution in [0.3, 0.4) is 0 Å². The van der Waals surface area contributed by atoms with Crippen molar-refractivity contribution in [3.05, 3.63) is 34.3 Å². The van der Waals surface area contributed by atoms with E-state index in [2.05, 4.69) is 46.7 Å². The second kappa shape index (κ2) is 6.81. The van der Waals surface area contributed by atoms with Crippen molar-refractivity contribution in [3.63, 3.8) is 0 Å². The zero-order valence-electron chi connectivity index (χ0n) is 12.5. The van der Waals surface area contributed by atoms with E-state index in [1.54, 1.807) is 7.11 Å². The lowest BCUT2D eigenvalue weighted by atomic mass is 10.3. The van der Waals surface area contributed by atoms with E-state index in [1.807, 2.05) is 23.1 Å². The van der Waals surface area contributed by atoms with Gasteiger partial charge in [0.15, 0.2) is 6.54 Å². The molecule has 1 aromatic carbocycles. The normalized spacial score (nSPS) is 17.2. The average molecular weight is 321 g/mol. The summed E-state index contributed by atoms with van der Waals surface area (Å²) in [6.45, 7) is 6.12. The van der Waals surface area contributed by atoms with Crippen molar-refractivity contribution >= 4 is 39.4 Å². The highest BCUT2D eigenvalue weighted by molar-refractivity contribution is 8.03. The number of nitrogens with zero attached hydrogens (tertiary/aromatic N) is 2. The highest BCUT2D eigenvalue weighted by Crippen LogP contribution is 2.31. The first-order valence-corrected chi connectivity index (χ1v) is 9.13. The van der Waals surface area contributed by atoms with Crippen LogP contribution in [0.2, 0.25) is 0 Å². The van der Waals surface area contributed by atoms with Gasteiger partial charge >= 0.3 is 0 Å². The predicted octanol–water partition coefficient (Wildman–Crippen LogP) is 3.20. The van der Waals surface area contributed by atoms with E-state index in [9.17, 15) is 0 Å². The Morgan fingerprint density at radius 3 is 3.05 bits per heavy atom. The molecule has 2 aromatic rings. The number of thioether (sulfide) groups is 1. The molecule has 5 heteroatoms. The Kier molecular flexibility index (Phi) is 4.83. The van der Waals surface area contributed by atoms with Crippen LogP contribution in [0.15, 0.2) is 29.3 Å². The van der Waals surface area contributed by atoms with E-state index in [-0.39, 0.29) is 0 Å². The lowest BCUT2D eigenvalue weighted by Gasteiger charge is -2.14. The maximum Gasteiger partial charge on any atom is 0.265 e. The van der Waals surface area contributed by atoms with Crippen LogP contribution >= 0.6 is 23.1 Å². The van der Waals surface area contributed by atoms with E-state index < -0.39 is 0 Å². The van der Waals surface area contributed by atoms with Crippen LogP contribution in [0.4, 0.5) is 0 Å². The van der Waals surface area contributed by atoms with Crippen LogP contribution in [0.25, 0.3) is 16.3 Å². The number of rotatable bonds is 5. The van der Waals surface area contributed by atoms with Gasteiger partial charge in [0.1, 0.15) is 11.3 Å². The van der Waals surface area contributed by atoms with Crippen LogP contribution in [-0.4, -0.2) is 37.5 Å². The monoisotopic (exact) mass is 321 g/mol. The highest BCUT2D eigenvalue weighted by Gasteiger charge is 2.22. The Hall–Kier alpha value is -1.04. The van der Waals surface area contributed by atoms with Crippen molar-refractivity contribution in [1.82, 2.24) is 4.90 Å². The molecule has 0 amide bonds. The molecule has 1 saturated heterocycles. The SMILES string of the molecule is CCN1CCSC1=Cc1sc2ccccc2[n+]1CCOC. The fourth-order valence-corrected chi connectivity index (χ4v) is 4.91. The molecule has 0 saturated carbocycles. The summed E-state index contributed by atoms with van der Waals surface area (Å²) in [5.74, 6) is 1.20. The number of hydrogen-bond acceptors (Lipinski definition) is 4. The number of benzene rings is 1. The second-order valence-electron chi connectivity index (χ2n) is 4.96. The second-order valence-corrected chi connectivity index (χ2v) is 7.14. The van der Waals surface area contributed by atoms with Crippen molar-refractivity contribution in [3.8, 4) is 0 Å². The summed E-state index contributed by atoms with van der Waals surface area (Å²) in [6, 6.07) is 8.62. The van der Waals surface area contributed by atoms with Gasteiger partial charge in [-0.15, -0.1) is 11.8 Å². The minimum atomic E-state index is 0.742. The molecule has 0 spiro atoms. The Balaban J connectivity index is 2.02. The minimum Gasteiger partial charge on any atom is -0.378 e. The highest BCUT2D eigenvalue weighted by atomic mass is 32.2. The fourth-order valence-electron chi connectivity index (χ4n) is 2.59. The third kappa shape index (κ3) is 3.10. The molecule has 0 atom stereocenters.